The summed E-state index contributed by atoms with van der Waals surface area (Å²) in [7, 11) is 0. The molecule has 6 nitrogen and oxygen atoms in total. The Morgan fingerprint density at radius 3 is 2.57 bits per heavy atom. The van der Waals surface area contributed by atoms with Crippen molar-refractivity contribution in [2.75, 3.05) is 45.8 Å². The van der Waals surface area contributed by atoms with Gasteiger partial charge in [-0.05, 0) is 31.9 Å². The Morgan fingerprint density at radius 2 is 1.93 bits per heavy atom. The molecule has 154 valence electrons. The summed E-state index contributed by atoms with van der Waals surface area (Å²) in [4.78, 5) is 22.7. The first-order valence-electron chi connectivity index (χ1n) is 10.4. The summed E-state index contributed by atoms with van der Waals surface area (Å²) in [6, 6.07) is 10.9. The van der Waals surface area contributed by atoms with E-state index in [1.54, 1.807) is 0 Å². The standard InChI is InChI=1S/C21H33N5OS/c1-3-22-21(23-15-17(2)28-19-7-5-4-6-8-19)26-13-11-25(12-14-26)16-20(27)24-18-9-10-18/h4-8,17-18H,3,9-16H2,1-2H3,(H,22,23)(H,24,27). The molecule has 1 aromatic carbocycles. The van der Waals surface area contributed by atoms with E-state index in [2.05, 4.69) is 58.5 Å². The molecule has 7 heteroatoms. The van der Waals surface area contributed by atoms with Crippen LogP contribution in [-0.4, -0.2) is 78.8 Å². The number of piperazine rings is 1. The lowest BCUT2D eigenvalue weighted by Gasteiger charge is -2.36. The predicted octanol–water partition coefficient (Wildman–Crippen LogP) is 2.03. The molecule has 1 saturated heterocycles. The van der Waals surface area contributed by atoms with Crippen molar-refractivity contribution in [3.05, 3.63) is 30.3 Å². The molecule has 1 unspecified atom stereocenters. The Hall–Kier alpha value is -1.73. The number of aliphatic imine (C=N–C) groups is 1. The molecule has 1 saturated carbocycles. The predicted molar refractivity (Wildman–Crippen MR) is 117 cm³/mol. The molecular formula is C21H33N5OS. The van der Waals surface area contributed by atoms with E-state index >= 15 is 0 Å². The van der Waals surface area contributed by atoms with Crippen LogP contribution in [-0.2, 0) is 4.79 Å². The van der Waals surface area contributed by atoms with Crippen molar-refractivity contribution in [2.24, 2.45) is 4.99 Å². The van der Waals surface area contributed by atoms with Gasteiger partial charge in [-0.15, -0.1) is 11.8 Å². The van der Waals surface area contributed by atoms with Crippen molar-refractivity contribution in [1.29, 1.82) is 0 Å². The summed E-state index contributed by atoms with van der Waals surface area (Å²) < 4.78 is 0. The summed E-state index contributed by atoms with van der Waals surface area (Å²) in [6.07, 6.45) is 2.28. The lowest BCUT2D eigenvalue weighted by Crippen LogP contribution is -2.54. The number of thioether (sulfide) groups is 1. The number of nitrogens with zero attached hydrogens (tertiary/aromatic N) is 3. The molecule has 2 aliphatic rings. The Kier molecular flexibility index (Phi) is 8.03. The number of carbonyl (C=O) groups is 1. The van der Waals surface area contributed by atoms with Crippen LogP contribution in [0.25, 0.3) is 0 Å². The lowest BCUT2D eigenvalue weighted by molar-refractivity contribution is -0.122. The molecule has 1 aliphatic carbocycles. The van der Waals surface area contributed by atoms with Crippen molar-refractivity contribution in [1.82, 2.24) is 20.4 Å². The Morgan fingerprint density at radius 1 is 1.21 bits per heavy atom. The van der Waals surface area contributed by atoms with Crippen LogP contribution < -0.4 is 10.6 Å². The molecular weight excluding hydrogens is 370 g/mol. The minimum Gasteiger partial charge on any atom is -0.357 e. The molecule has 1 aliphatic heterocycles. The fourth-order valence-electron chi connectivity index (χ4n) is 3.23. The van der Waals surface area contributed by atoms with Crippen molar-refractivity contribution >= 4 is 23.6 Å². The maximum atomic E-state index is 12.0. The van der Waals surface area contributed by atoms with Crippen LogP contribution in [0.2, 0.25) is 0 Å². The number of hydrogen-bond donors (Lipinski definition) is 2. The highest BCUT2D eigenvalue weighted by Gasteiger charge is 2.25. The van der Waals surface area contributed by atoms with Crippen LogP contribution in [0.15, 0.2) is 40.2 Å². The normalized spacial score (nSPS) is 19.4. The molecule has 0 bridgehead atoms. The smallest absolute Gasteiger partial charge is 0.234 e. The van der Waals surface area contributed by atoms with Gasteiger partial charge in [0, 0.05) is 48.9 Å². The molecule has 0 aromatic heterocycles. The SMILES string of the molecule is CCNC(=NCC(C)Sc1ccccc1)N1CCN(CC(=O)NC2CC2)CC1. The van der Waals surface area contributed by atoms with Gasteiger partial charge in [0.2, 0.25) is 5.91 Å². The molecule has 0 radical (unpaired) electrons. The van der Waals surface area contributed by atoms with Crippen molar-refractivity contribution in [2.45, 2.75) is 42.9 Å². The highest BCUT2D eigenvalue weighted by Crippen LogP contribution is 2.22. The van der Waals surface area contributed by atoms with Crippen molar-refractivity contribution < 1.29 is 4.79 Å². The van der Waals surface area contributed by atoms with Crippen molar-refractivity contribution in [3.63, 3.8) is 0 Å². The summed E-state index contributed by atoms with van der Waals surface area (Å²) >= 11 is 1.86. The topological polar surface area (TPSA) is 60.0 Å². The minimum atomic E-state index is 0.170. The molecule has 2 N–H and O–H groups in total. The molecule has 2 fully saturated rings. The number of benzene rings is 1. The number of rotatable bonds is 8. The van der Waals surface area contributed by atoms with Gasteiger partial charge in [0.25, 0.3) is 0 Å². The summed E-state index contributed by atoms with van der Waals surface area (Å²) in [5.41, 5.74) is 0. The van der Waals surface area contributed by atoms with Crippen LogP contribution in [0.1, 0.15) is 26.7 Å². The van der Waals surface area contributed by atoms with Crippen LogP contribution in [0.4, 0.5) is 0 Å². The van der Waals surface area contributed by atoms with Crippen LogP contribution in [0, 0.1) is 0 Å². The molecule has 3 rings (SSSR count). The van der Waals surface area contributed by atoms with E-state index in [1.165, 1.54) is 4.90 Å². The van der Waals surface area contributed by atoms with Crippen LogP contribution >= 0.6 is 11.8 Å². The highest BCUT2D eigenvalue weighted by molar-refractivity contribution is 8.00. The van der Waals surface area contributed by atoms with Gasteiger partial charge in [-0.25, -0.2) is 0 Å². The number of nitrogens with one attached hydrogen (secondary N) is 2. The van der Waals surface area contributed by atoms with Crippen LogP contribution in [0.5, 0.6) is 0 Å². The van der Waals surface area contributed by atoms with Gasteiger partial charge >= 0.3 is 0 Å². The van der Waals surface area contributed by atoms with E-state index in [0.29, 0.717) is 17.8 Å². The van der Waals surface area contributed by atoms with E-state index in [9.17, 15) is 4.79 Å². The van der Waals surface area contributed by atoms with Gasteiger partial charge in [-0.2, -0.15) is 0 Å². The molecule has 0 spiro atoms. The third-order valence-corrected chi connectivity index (χ3v) is 5.99. The van der Waals surface area contributed by atoms with Gasteiger partial charge in [-0.3, -0.25) is 14.7 Å². The van der Waals surface area contributed by atoms with E-state index in [-0.39, 0.29) is 5.91 Å². The Bertz CT molecular complexity index is 641. The number of guanidine groups is 1. The van der Waals surface area contributed by atoms with Crippen LogP contribution in [0.3, 0.4) is 0 Å². The van der Waals surface area contributed by atoms with Gasteiger partial charge < -0.3 is 15.5 Å². The third-order valence-electron chi connectivity index (χ3n) is 4.90. The maximum Gasteiger partial charge on any atom is 0.234 e. The molecule has 1 heterocycles. The monoisotopic (exact) mass is 403 g/mol. The van der Waals surface area contributed by atoms with E-state index in [4.69, 9.17) is 4.99 Å². The van der Waals surface area contributed by atoms with E-state index < -0.39 is 0 Å². The van der Waals surface area contributed by atoms with Gasteiger partial charge in [0.05, 0.1) is 13.1 Å². The Balaban J connectivity index is 1.45. The second kappa shape index (κ2) is 10.7. The number of amides is 1. The molecule has 1 aromatic rings. The quantitative estimate of drug-likeness (QED) is 0.395. The summed E-state index contributed by atoms with van der Waals surface area (Å²) in [5.74, 6) is 1.16. The second-order valence-corrected chi connectivity index (χ2v) is 9.05. The first-order chi connectivity index (χ1) is 13.6. The van der Waals surface area contributed by atoms with Crippen molar-refractivity contribution in [3.8, 4) is 0 Å². The first kappa shape index (κ1) is 21.0. The molecule has 1 amide bonds. The van der Waals surface area contributed by atoms with Gasteiger partial charge in [0.15, 0.2) is 5.96 Å². The number of hydrogen-bond acceptors (Lipinski definition) is 4. The van der Waals surface area contributed by atoms with Gasteiger partial charge in [-0.1, -0.05) is 25.1 Å². The lowest BCUT2D eigenvalue weighted by atomic mass is 10.3. The fourth-order valence-corrected chi connectivity index (χ4v) is 4.16. The Labute approximate surface area is 173 Å². The highest BCUT2D eigenvalue weighted by atomic mass is 32.2. The zero-order valence-electron chi connectivity index (χ0n) is 17.1. The third kappa shape index (κ3) is 7.02. The zero-order valence-corrected chi connectivity index (χ0v) is 17.9. The zero-order chi connectivity index (χ0) is 19.8. The number of carbonyl (C=O) groups excluding carboxylic acids is 1. The molecule has 28 heavy (non-hydrogen) atoms. The minimum absolute atomic E-state index is 0.170. The maximum absolute atomic E-state index is 12.0. The van der Waals surface area contributed by atoms with E-state index in [1.807, 2.05) is 17.8 Å². The molecule has 1 atom stereocenters. The fraction of sp³-hybridized carbons (Fsp3) is 0.619. The largest absolute Gasteiger partial charge is 0.357 e. The average molecular weight is 404 g/mol. The second-order valence-electron chi connectivity index (χ2n) is 7.54. The van der Waals surface area contributed by atoms with Gasteiger partial charge in [0.1, 0.15) is 0 Å². The van der Waals surface area contributed by atoms with E-state index in [0.717, 1.165) is 58.1 Å². The summed E-state index contributed by atoms with van der Waals surface area (Å²) in [5, 5.41) is 6.93. The first-order valence-corrected chi connectivity index (χ1v) is 11.3. The summed E-state index contributed by atoms with van der Waals surface area (Å²) in [6.45, 7) is 10.1. The average Bonchev–Trinajstić information content (AvgIpc) is 3.50.